The van der Waals surface area contributed by atoms with Crippen molar-refractivity contribution in [3.05, 3.63) is 65.1 Å². The fourth-order valence-corrected chi connectivity index (χ4v) is 7.12. The minimum atomic E-state index is -0.115. The lowest BCUT2D eigenvalue weighted by atomic mass is 9.88. The smallest absolute Gasteiger partial charge is 0.254 e. The molecule has 8 heteroatoms. The van der Waals surface area contributed by atoms with Crippen molar-refractivity contribution in [3.8, 4) is 5.75 Å². The molecule has 0 saturated carbocycles. The molecule has 1 N–H and O–H groups in total. The van der Waals surface area contributed by atoms with Gasteiger partial charge in [0.1, 0.15) is 17.7 Å². The second kappa shape index (κ2) is 11.0. The maximum atomic E-state index is 13.0. The lowest BCUT2D eigenvalue weighted by Crippen LogP contribution is -2.46. The van der Waals surface area contributed by atoms with Crippen molar-refractivity contribution in [3.63, 3.8) is 0 Å². The molecular weight excluding hydrogens is 514 g/mol. The highest BCUT2D eigenvalue weighted by Crippen LogP contribution is 2.35. The standard InChI is InChI=1S/C33H41N5O3/c1-33(2)16-23(10-13-40-33)31-35-17-24-14-22(5-8-30(24)36-31)19-37-12-9-28(21-37)41-27-6-7-29-25(15-27)20-38(32(29)39)26-4-3-11-34-18-26/h5-8,14-15,17,23,26,28,34H,3-4,9-13,16,18-21H2,1-2H3/t23-,26?,28-/m0/s1. The Balaban J connectivity index is 0.956. The Morgan fingerprint density at radius 1 is 1.15 bits per heavy atom. The Hall–Kier alpha value is -3.07. The molecular formula is C33H41N5O3. The Morgan fingerprint density at radius 3 is 2.93 bits per heavy atom. The fourth-order valence-electron chi connectivity index (χ4n) is 7.12. The van der Waals surface area contributed by atoms with E-state index in [4.69, 9.17) is 19.4 Å². The molecule has 3 aromatic rings. The van der Waals surface area contributed by atoms with Crippen LogP contribution in [0.5, 0.6) is 5.75 Å². The van der Waals surface area contributed by atoms with Crippen LogP contribution in [-0.2, 0) is 17.8 Å². The largest absolute Gasteiger partial charge is 0.489 e. The molecule has 3 atom stereocenters. The zero-order chi connectivity index (χ0) is 28.0. The van der Waals surface area contributed by atoms with E-state index in [1.54, 1.807) is 0 Å². The summed E-state index contributed by atoms with van der Waals surface area (Å²) in [5.74, 6) is 2.33. The van der Waals surface area contributed by atoms with Crippen LogP contribution in [0.1, 0.15) is 79.2 Å². The van der Waals surface area contributed by atoms with Gasteiger partial charge in [0.2, 0.25) is 0 Å². The number of ether oxygens (including phenoxy) is 2. The normalized spacial score (nSPS) is 26.4. The van der Waals surface area contributed by atoms with E-state index >= 15 is 0 Å². The van der Waals surface area contributed by atoms with E-state index in [2.05, 4.69) is 48.3 Å². The summed E-state index contributed by atoms with van der Waals surface area (Å²) < 4.78 is 12.3. The summed E-state index contributed by atoms with van der Waals surface area (Å²) in [7, 11) is 0. The van der Waals surface area contributed by atoms with Gasteiger partial charge < -0.3 is 19.7 Å². The molecule has 8 nitrogen and oxygen atoms in total. The number of hydrogen-bond acceptors (Lipinski definition) is 7. The van der Waals surface area contributed by atoms with Crippen molar-refractivity contribution >= 4 is 16.8 Å². The molecule has 0 aliphatic carbocycles. The predicted octanol–water partition coefficient (Wildman–Crippen LogP) is 4.66. The summed E-state index contributed by atoms with van der Waals surface area (Å²) in [6.07, 6.45) is 7.27. The van der Waals surface area contributed by atoms with Gasteiger partial charge in [0, 0.05) is 68.4 Å². The number of piperidine rings is 1. The lowest BCUT2D eigenvalue weighted by Gasteiger charge is -2.34. The first-order chi connectivity index (χ1) is 19.9. The fraction of sp³-hybridized carbons (Fsp3) is 0.545. The highest BCUT2D eigenvalue weighted by Gasteiger charge is 2.34. The molecule has 5 heterocycles. The topological polar surface area (TPSA) is 79.8 Å². The van der Waals surface area contributed by atoms with Gasteiger partial charge in [-0.3, -0.25) is 9.69 Å². The first kappa shape index (κ1) is 26.8. The molecule has 3 saturated heterocycles. The van der Waals surface area contributed by atoms with Gasteiger partial charge in [0.25, 0.3) is 5.91 Å². The minimum Gasteiger partial charge on any atom is -0.489 e. The number of fused-ring (bicyclic) bond motifs is 2. The monoisotopic (exact) mass is 555 g/mol. The van der Waals surface area contributed by atoms with Gasteiger partial charge in [-0.2, -0.15) is 0 Å². The van der Waals surface area contributed by atoms with Gasteiger partial charge in [-0.05, 0) is 94.0 Å². The number of nitrogens with one attached hydrogen (secondary N) is 1. The number of hydrogen-bond donors (Lipinski definition) is 1. The first-order valence-electron chi connectivity index (χ1n) is 15.3. The summed E-state index contributed by atoms with van der Waals surface area (Å²) in [5.41, 5.74) is 4.10. The van der Waals surface area contributed by atoms with E-state index < -0.39 is 0 Å². The van der Waals surface area contributed by atoms with Gasteiger partial charge in [0.15, 0.2) is 0 Å². The first-order valence-corrected chi connectivity index (χ1v) is 15.3. The molecule has 0 spiro atoms. The Kier molecular flexibility index (Phi) is 7.17. The molecule has 4 aliphatic rings. The van der Waals surface area contributed by atoms with E-state index in [1.807, 2.05) is 23.2 Å². The van der Waals surface area contributed by atoms with Gasteiger partial charge >= 0.3 is 0 Å². The second-order valence-corrected chi connectivity index (χ2v) is 12.9. The van der Waals surface area contributed by atoms with Crippen molar-refractivity contribution in [1.82, 2.24) is 25.1 Å². The average molecular weight is 556 g/mol. The number of benzene rings is 2. The zero-order valence-corrected chi connectivity index (χ0v) is 24.3. The average Bonchev–Trinajstić information content (AvgIpc) is 3.55. The Labute approximate surface area is 242 Å². The molecule has 0 bridgehead atoms. The second-order valence-electron chi connectivity index (χ2n) is 12.9. The van der Waals surface area contributed by atoms with Crippen LogP contribution in [0, 0.1) is 0 Å². The van der Waals surface area contributed by atoms with E-state index in [-0.39, 0.29) is 17.6 Å². The van der Waals surface area contributed by atoms with Crippen LogP contribution in [0.3, 0.4) is 0 Å². The van der Waals surface area contributed by atoms with Crippen LogP contribution in [0.2, 0.25) is 0 Å². The zero-order valence-electron chi connectivity index (χ0n) is 24.3. The highest BCUT2D eigenvalue weighted by molar-refractivity contribution is 5.98. The molecule has 7 rings (SSSR count). The van der Waals surface area contributed by atoms with Crippen LogP contribution in [-0.4, -0.2) is 76.2 Å². The molecule has 1 unspecified atom stereocenters. The summed E-state index contributed by atoms with van der Waals surface area (Å²) in [5, 5.41) is 4.53. The molecule has 1 amide bonds. The SMILES string of the molecule is CC1(C)C[C@@H](c2ncc3cc(CN4CC[C@H](Oc5ccc6c(c5)CN(C5CCCNC5)C6=O)C4)ccc3n2)CCO1. The van der Waals surface area contributed by atoms with E-state index in [9.17, 15) is 4.79 Å². The predicted molar refractivity (Wildman–Crippen MR) is 158 cm³/mol. The number of carbonyl (C=O) groups is 1. The van der Waals surface area contributed by atoms with Gasteiger partial charge in [0.05, 0.1) is 11.1 Å². The van der Waals surface area contributed by atoms with Gasteiger partial charge in [-0.15, -0.1) is 0 Å². The number of rotatable bonds is 6. The van der Waals surface area contributed by atoms with E-state index in [1.165, 1.54) is 5.56 Å². The van der Waals surface area contributed by atoms with Crippen LogP contribution in [0.4, 0.5) is 0 Å². The van der Waals surface area contributed by atoms with Crippen LogP contribution in [0.25, 0.3) is 10.9 Å². The summed E-state index contributed by atoms with van der Waals surface area (Å²) in [6.45, 7) is 10.5. The quantitative estimate of drug-likeness (QED) is 0.474. The summed E-state index contributed by atoms with van der Waals surface area (Å²) in [4.78, 5) is 27.2. The maximum Gasteiger partial charge on any atom is 0.254 e. The van der Waals surface area contributed by atoms with Crippen molar-refractivity contribution in [1.29, 1.82) is 0 Å². The van der Waals surface area contributed by atoms with E-state index in [0.29, 0.717) is 18.5 Å². The molecule has 2 aromatic carbocycles. The molecule has 3 fully saturated rings. The van der Waals surface area contributed by atoms with Crippen molar-refractivity contribution in [2.24, 2.45) is 0 Å². The number of carbonyl (C=O) groups excluding carboxylic acids is 1. The molecule has 0 radical (unpaired) electrons. The number of aromatic nitrogens is 2. The van der Waals surface area contributed by atoms with E-state index in [0.717, 1.165) is 105 Å². The third-order valence-electron chi connectivity index (χ3n) is 9.28. The molecule has 216 valence electrons. The Morgan fingerprint density at radius 2 is 2.07 bits per heavy atom. The third kappa shape index (κ3) is 5.70. The van der Waals surface area contributed by atoms with Crippen LogP contribution in [0.15, 0.2) is 42.6 Å². The minimum absolute atomic E-state index is 0.115. The molecule has 41 heavy (non-hydrogen) atoms. The van der Waals surface area contributed by atoms with Crippen molar-refractivity contribution in [2.75, 3.05) is 32.8 Å². The highest BCUT2D eigenvalue weighted by atomic mass is 16.5. The Bertz CT molecular complexity index is 1440. The van der Waals surface area contributed by atoms with Crippen molar-refractivity contribution < 1.29 is 14.3 Å². The third-order valence-corrected chi connectivity index (χ3v) is 9.28. The van der Waals surface area contributed by atoms with Crippen LogP contribution >= 0.6 is 0 Å². The number of likely N-dealkylation sites (tertiary alicyclic amines) is 1. The molecule has 4 aliphatic heterocycles. The maximum absolute atomic E-state index is 13.0. The summed E-state index contributed by atoms with van der Waals surface area (Å²) in [6, 6.07) is 12.9. The summed E-state index contributed by atoms with van der Waals surface area (Å²) >= 11 is 0. The number of amides is 1. The van der Waals surface area contributed by atoms with Crippen LogP contribution < -0.4 is 10.1 Å². The molecule has 1 aromatic heterocycles. The number of nitrogens with zero attached hydrogens (tertiary/aromatic N) is 4. The lowest BCUT2D eigenvalue weighted by molar-refractivity contribution is -0.0602. The van der Waals surface area contributed by atoms with Gasteiger partial charge in [-0.25, -0.2) is 9.97 Å². The van der Waals surface area contributed by atoms with Crippen molar-refractivity contribution in [2.45, 2.75) is 82.7 Å². The van der Waals surface area contributed by atoms with Gasteiger partial charge in [-0.1, -0.05) is 6.07 Å².